The molecule has 10 nitrogen and oxygen atoms in total. The lowest BCUT2D eigenvalue weighted by Gasteiger charge is -2.20. The lowest BCUT2D eigenvalue weighted by Crippen LogP contribution is -2.27. The quantitative estimate of drug-likeness (QED) is 0.0193. The number of carbonyl (C=O) groups is 3. The van der Waals surface area contributed by atoms with Crippen molar-refractivity contribution < 1.29 is 42.8 Å². The fourth-order valence-corrected chi connectivity index (χ4v) is 6.88. The van der Waals surface area contributed by atoms with Gasteiger partial charge in [0.25, 0.3) is 0 Å². The van der Waals surface area contributed by atoms with Gasteiger partial charge in [-0.05, 0) is 83.0 Å². The summed E-state index contributed by atoms with van der Waals surface area (Å²) in [6.45, 7) is 8.61. The molecule has 1 heterocycles. The van der Waals surface area contributed by atoms with Gasteiger partial charge in [0.1, 0.15) is 19.8 Å². The summed E-state index contributed by atoms with van der Waals surface area (Å²) in [5.74, 6) is -1.24. The molecule has 1 aliphatic rings. The zero-order valence-corrected chi connectivity index (χ0v) is 39.9. The van der Waals surface area contributed by atoms with Crippen molar-refractivity contribution in [2.24, 2.45) is 5.92 Å². The lowest BCUT2D eigenvalue weighted by molar-refractivity contribution is -0.161. The summed E-state index contributed by atoms with van der Waals surface area (Å²) in [5.41, 5.74) is 0. The summed E-state index contributed by atoms with van der Waals surface area (Å²) in [4.78, 5) is 40.2. The number of unbranched alkanes of at least 4 members (excludes halogenated alkanes) is 18. The zero-order chi connectivity index (χ0) is 44.8. The molecule has 10 heteroatoms. The van der Waals surface area contributed by atoms with Gasteiger partial charge >= 0.3 is 18.1 Å². The molecule has 1 unspecified atom stereocenters. The highest BCUT2D eigenvalue weighted by atomic mass is 16.7. The molecule has 0 saturated carbocycles. The highest BCUT2D eigenvalue weighted by Gasteiger charge is 2.20. The predicted octanol–water partition coefficient (Wildman–Crippen LogP) is 14.0. The molecular formula is C52H91NO9. The van der Waals surface area contributed by atoms with Crippen LogP contribution in [0.1, 0.15) is 207 Å². The normalized spacial score (nSPS) is 13.3. The van der Waals surface area contributed by atoms with Crippen molar-refractivity contribution in [1.29, 1.82) is 0 Å². The van der Waals surface area contributed by atoms with E-state index in [1.165, 1.54) is 77.0 Å². The van der Waals surface area contributed by atoms with Crippen LogP contribution in [0.4, 0.5) is 4.79 Å². The molecule has 0 fully saturated rings. The van der Waals surface area contributed by atoms with Crippen molar-refractivity contribution in [3.63, 3.8) is 0 Å². The fraction of sp³-hybridized carbons (Fsp3) is 0.788. The number of hydrogen-bond acceptors (Lipinski definition) is 10. The topological polar surface area (TPSA) is 110 Å². The van der Waals surface area contributed by atoms with E-state index in [0.717, 1.165) is 90.0 Å². The van der Waals surface area contributed by atoms with Gasteiger partial charge < -0.3 is 33.3 Å². The lowest BCUT2D eigenvalue weighted by atomic mass is 10.1. The van der Waals surface area contributed by atoms with Crippen LogP contribution in [-0.2, 0) is 38.0 Å². The number of nitrogens with zero attached hydrogens (tertiary/aromatic N) is 1. The summed E-state index contributed by atoms with van der Waals surface area (Å²) in [7, 11) is 0. The van der Waals surface area contributed by atoms with Gasteiger partial charge in [0, 0.05) is 32.6 Å². The van der Waals surface area contributed by atoms with Crippen LogP contribution in [0.3, 0.4) is 0 Å². The standard InChI is InChI=1S/C52H91NO9/c1-4-7-10-13-16-17-18-19-20-21-22-23-24-25-30-36-49(54)60-45-48(47-62-52(56)59-44-35-41-53-39-31-26-27-32-40-53)46-61-50(55)37-38-51(57-42-33-28-14-11-8-5-2)58-43-34-29-15-12-9-6-3/h16-17,19-20,31-32,39-40,48,51H,4-15,18,21-30,33-38,41-47H2,1-3H3/b17-16-,20-19-. The number of hydrogen-bond donors (Lipinski definition) is 0. The second-order valence-corrected chi connectivity index (χ2v) is 16.8. The van der Waals surface area contributed by atoms with Crippen molar-refractivity contribution in [2.45, 2.75) is 213 Å². The second-order valence-electron chi connectivity index (χ2n) is 16.8. The Bertz CT molecular complexity index is 1140. The third kappa shape index (κ3) is 38.6. The maximum atomic E-state index is 13.0. The van der Waals surface area contributed by atoms with Gasteiger partial charge in [-0.3, -0.25) is 9.59 Å². The van der Waals surface area contributed by atoms with E-state index >= 15 is 0 Å². The molecule has 1 rings (SSSR count). The summed E-state index contributed by atoms with van der Waals surface area (Å²) in [6, 6.07) is 0. The van der Waals surface area contributed by atoms with Crippen molar-refractivity contribution in [2.75, 3.05) is 46.2 Å². The molecular weight excluding hydrogens is 783 g/mol. The van der Waals surface area contributed by atoms with Crippen LogP contribution in [0.2, 0.25) is 0 Å². The minimum Gasteiger partial charge on any atom is -0.465 e. The van der Waals surface area contributed by atoms with E-state index in [4.69, 9.17) is 28.4 Å². The van der Waals surface area contributed by atoms with E-state index in [2.05, 4.69) is 62.1 Å². The zero-order valence-electron chi connectivity index (χ0n) is 39.9. The van der Waals surface area contributed by atoms with E-state index in [9.17, 15) is 14.4 Å². The molecule has 0 aliphatic carbocycles. The molecule has 1 atom stereocenters. The molecule has 0 bridgehead atoms. The molecule has 0 amide bonds. The van der Waals surface area contributed by atoms with Crippen molar-refractivity contribution in [3.8, 4) is 0 Å². The van der Waals surface area contributed by atoms with Gasteiger partial charge in [0.2, 0.25) is 0 Å². The van der Waals surface area contributed by atoms with Gasteiger partial charge in [-0.25, -0.2) is 4.79 Å². The van der Waals surface area contributed by atoms with E-state index in [1.807, 2.05) is 12.4 Å². The monoisotopic (exact) mass is 874 g/mol. The maximum Gasteiger partial charge on any atom is 0.508 e. The van der Waals surface area contributed by atoms with E-state index in [-0.39, 0.29) is 38.8 Å². The molecule has 0 saturated heterocycles. The molecule has 0 spiro atoms. The highest BCUT2D eigenvalue weighted by molar-refractivity contribution is 5.69. The van der Waals surface area contributed by atoms with Crippen LogP contribution in [-0.4, -0.2) is 75.5 Å². The Kier molecular flexibility index (Phi) is 40.8. The maximum absolute atomic E-state index is 13.0. The summed E-state index contributed by atoms with van der Waals surface area (Å²) in [6.07, 6.45) is 45.9. The van der Waals surface area contributed by atoms with Crippen LogP contribution in [0.5, 0.6) is 0 Å². The molecule has 0 N–H and O–H groups in total. The first kappa shape index (κ1) is 56.9. The largest absolute Gasteiger partial charge is 0.508 e. The molecule has 0 aromatic heterocycles. The Labute approximate surface area is 379 Å². The minimum absolute atomic E-state index is 0.0291. The van der Waals surface area contributed by atoms with Crippen LogP contribution >= 0.6 is 0 Å². The Morgan fingerprint density at radius 3 is 1.60 bits per heavy atom. The van der Waals surface area contributed by atoms with Gasteiger partial charge in [-0.1, -0.05) is 154 Å². The molecule has 0 radical (unpaired) electrons. The number of allylic oxidation sites excluding steroid dienone is 6. The van der Waals surface area contributed by atoms with E-state index < -0.39 is 24.3 Å². The number of ether oxygens (including phenoxy) is 6. The summed E-state index contributed by atoms with van der Waals surface area (Å²) in [5, 5.41) is 0. The smallest absolute Gasteiger partial charge is 0.465 e. The first-order chi connectivity index (χ1) is 30.5. The van der Waals surface area contributed by atoms with Gasteiger partial charge in [0.15, 0.2) is 6.29 Å². The second kappa shape index (κ2) is 44.5. The number of rotatable bonds is 43. The third-order valence-electron chi connectivity index (χ3n) is 10.8. The Morgan fingerprint density at radius 1 is 0.516 bits per heavy atom. The van der Waals surface area contributed by atoms with E-state index in [0.29, 0.717) is 32.5 Å². The van der Waals surface area contributed by atoms with Crippen LogP contribution in [0.15, 0.2) is 48.9 Å². The average molecular weight is 874 g/mol. The van der Waals surface area contributed by atoms with Crippen LogP contribution in [0, 0.1) is 5.92 Å². The Morgan fingerprint density at radius 2 is 1.00 bits per heavy atom. The first-order valence-electron chi connectivity index (χ1n) is 25.2. The average Bonchev–Trinajstić information content (AvgIpc) is 3.56. The predicted molar refractivity (Wildman–Crippen MR) is 253 cm³/mol. The molecule has 1 aliphatic heterocycles. The molecule has 0 aromatic rings. The van der Waals surface area contributed by atoms with Crippen molar-refractivity contribution in [3.05, 3.63) is 48.9 Å². The summed E-state index contributed by atoms with van der Waals surface area (Å²) >= 11 is 0. The van der Waals surface area contributed by atoms with Crippen molar-refractivity contribution in [1.82, 2.24) is 4.90 Å². The van der Waals surface area contributed by atoms with Gasteiger partial charge in [0.05, 0.1) is 18.9 Å². The minimum atomic E-state index is -0.799. The fourth-order valence-electron chi connectivity index (χ4n) is 6.88. The molecule has 0 aromatic carbocycles. The van der Waals surface area contributed by atoms with Crippen LogP contribution in [0.25, 0.3) is 0 Å². The van der Waals surface area contributed by atoms with Gasteiger partial charge in [-0.2, -0.15) is 0 Å². The molecule has 358 valence electrons. The number of esters is 2. The summed E-state index contributed by atoms with van der Waals surface area (Å²) < 4.78 is 34.2. The SMILES string of the molecule is CCCCC/C=C\C/C=C\CCCCCCCC(=O)OCC(COC(=O)CCC(OCCCCCCCC)OCCCCCCCC)COC(=O)OCCCN1C=CCCC=C1. The first-order valence-corrected chi connectivity index (χ1v) is 25.2. The van der Waals surface area contributed by atoms with Gasteiger partial charge in [-0.15, -0.1) is 0 Å². The Hall–Kier alpha value is -3.11. The highest BCUT2D eigenvalue weighted by Crippen LogP contribution is 2.14. The Balaban J connectivity index is 2.54. The third-order valence-corrected chi connectivity index (χ3v) is 10.8. The number of carbonyl (C=O) groups excluding carboxylic acids is 3. The van der Waals surface area contributed by atoms with E-state index in [1.54, 1.807) is 0 Å². The van der Waals surface area contributed by atoms with Crippen LogP contribution < -0.4 is 0 Å². The van der Waals surface area contributed by atoms with Crippen molar-refractivity contribution >= 4 is 18.1 Å². The molecule has 62 heavy (non-hydrogen) atoms.